The Morgan fingerprint density at radius 1 is 1.52 bits per heavy atom. The number of rotatable bonds is 3. The van der Waals surface area contributed by atoms with Gasteiger partial charge in [-0.25, -0.2) is 4.39 Å². The molecular formula is C14H12FN3O2S. The Kier molecular flexibility index (Phi) is 4.98. The summed E-state index contributed by atoms with van der Waals surface area (Å²) in [6.45, 7) is 1.46. The smallest absolute Gasteiger partial charge is 0.265 e. The SMILES string of the molecule is Cc1nnsc1C(=O)NCc1cc(C#CCO)ccc1F. The first kappa shape index (κ1) is 15.1. The molecule has 0 atom stereocenters. The Morgan fingerprint density at radius 2 is 2.33 bits per heavy atom. The van der Waals surface area contributed by atoms with E-state index in [1.165, 1.54) is 18.2 Å². The highest BCUT2D eigenvalue weighted by Crippen LogP contribution is 2.12. The number of carbonyl (C=O) groups excluding carboxylic acids is 1. The molecule has 0 saturated heterocycles. The largest absolute Gasteiger partial charge is 0.384 e. The molecule has 2 aromatic rings. The Morgan fingerprint density at radius 3 is 3.00 bits per heavy atom. The molecule has 0 aliphatic carbocycles. The Balaban J connectivity index is 2.09. The zero-order chi connectivity index (χ0) is 15.2. The molecule has 0 saturated carbocycles. The van der Waals surface area contributed by atoms with E-state index in [9.17, 15) is 9.18 Å². The monoisotopic (exact) mass is 305 g/mol. The van der Waals surface area contributed by atoms with Crippen LogP contribution in [0.5, 0.6) is 0 Å². The number of aliphatic hydroxyl groups is 1. The van der Waals surface area contributed by atoms with Crippen LogP contribution in [0.4, 0.5) is 4.39 Å². The van der Waals surface area contributed by atoms with E-state index >= 15 is 0 Å². The van der Waals surface area contributed by atoms with Crippen molar-refractivity contribution in [1.29, 1.82) is 0 Å². The summed E-state index contributed by atoms with van der Waals surface area (Å²) >= 11 is 0.994. The van der Waals surface area contributed by atoms with Crippen LogP contribution in [0, 0.1) is 24.6 Å². The van der Waals surface area contributed by atoms with Crippen LogP contribution in [0.2, 0.25) is 0 Å². The third-order valence-electron chi connectivity index (χ3n) is 2.65. The summed E-state index contributed by atoms with van der Waals surface area (Å²) in [6, 6.07) is 4.33. The molecule has 108 valence electrons. The number of benzene rings is 1. The van der Waals surface area contributed by atoms with Crippen molar-refractivity contribution in [2.45, 2.75) is 13.5 Å². The van der Waals surface area contributed by atoms with Crippen molar-refractivity contribution in [3.05, 3.63) is 45.7 Å². The van der Waals surface area contributed by atoms with Gasteiger partial charge in [-0.1, -0.05) is 16.3 Å². The molecule has 1 aromatic heterocycles. The van der Waals surface area contributed by atoms with Crippen LogP contribution < -0.4 is 5.32 Å². The number of hydrogen-bond acceptors (Lipinski definition) is 5. The molecule has 0 aliphatic rings. The van der Waals surface area contributed by atoms with Gasteiger partial charge in [-0.05, 0) is 36.7 Å². The van der Waals surface area contributed by atoms with Crippen molar-refractivity contribution < 1.29 is 14.3 Å². The van der Waals surface area contributed by atoms with Crippen molar-refractivity contribution in [2.24, 2.45) is 0 Å². The number of nitrogens with one attached hydrogen (secondary N) is 1. The molecule has 21 heavy (non-hydrogen) atoms. The van der Waals surface area contributed by atoms with Gasteiger partial charge in [0.05, 0.1) is 5.69 Å². The van der Waals surface area contributed by atoms with Gasteiger partial charge in [-0.2, -0.15) is 0 Å². The minimum absolute atomic E-state index is 0.0383. The molecule has 2 N–H and O–H groups in total. The summed E-state index contributed by atoms with van der Waals surface area (Å²) in [5.41, 5.74) is 1.44. The fourth-order valence-electron chi connectivity index (χ4n) is 1.63. The summed E-state index contributed by atoms with van der Waals surface area (Å²) in [4.78, 5) is 12.3. The van der Waals surface area contributed by atoms with E-state index in [0.717, 1.165) is 11.5 Å². The normalized spacial score (nSPS) is 9.86. The minimum Gasteiger partial charge on any atom is -0.384 e. The number of halogens is 1. The van der Waals surface area contributed by atoms with Crippen LogP contribution >= 0.6 is 11.5 Å². The second-order valence-corrected chi connectivity index (χ2v) is 4.89. The third kappa shape index (κ3) is 3.84. The number of aromatic nitrogens is 2. The molecule has 1 amide bonds. The van der Waals surface area contributed by atoms with Crippen LogP contribution in [0.25, 0.3) is 0 Å². The molecule has 1 heterocycles. The number of aliphatic hydroxyl groups excluding tert-OH is 1. The molecule has 0 fully saturated rings. The summed E-state index contributed by atoms with van der Waals surface area (Å²) in [7, 11) is 0. The quantitative estimate of drug-likeness (QED) is 0.837. The van der Waals surface area contributed by atoms with Gasteiger partial charge in [0.25, 0.3) is 5.91 Å². The van der Waals surface area contributed by atoms with E-state index in [-0.39, 0.29) is 19.1 Å². The van der Waals surface area contributed by atoms with Gasteiger partial charge >= 0.3 is 0 Å². The van der Waals surface area contributed by atoms with E-state index in [4.69, 9.17) is 5.11 Å². The Bertz CT molecular complexity index is 718. The molecule has 0 aliphatic heterocycles. The van der Waals surface area contributed by atoms with Gasteiger partial charge in [0.1, 0.15) is 17.3 Å². The second kappa shape index (κ2) is 6.92. The molecule has 0 spiro atoms. The van der Waals surface area contributed by atoms with Crippen LogP contribution in [-0.4, -0.2) is 27.2 Å². The van der Waals surface area contributed by atoms with Crippen molar-refractivity contribution in [2.75, 3.05) is 6.61 Å². The number of carbonyl (C=O) groups is 1. The van der Waals surface area contributed by atoms with Crippen LogP contribution in [-0.2, 0) is 6.54 Å². The lowest BCUT2D eigenvalue weighted by molar-refractivity contribution is 0.0954. The van der Waals surface area contributed by atoms with E-state index in [0.29, 0.717) is 21.7 Å². The minimum atomic E-state index is -0.427. The highest BCUT2D eigenvalue weighted by Gasteiger charge is 2.13. The summed E-state index contributed by atoms with van der Waals surface area (Å²) in [5.74, 6) is 4.41. The van der Waals surface area contributed by atoms with Crippen molar-refractivity contribution in [3.63, 3.8) is 0 Å². The van der Waals surface area contributed by atoms with E-state index in [1.54, 1.807) is 6.92 Å². The molecule has 5 nitrogen and oxygen atoms in total. The van der Waals surface area contributed by atoms with Gasteiger partial charge in [-0.15, -0.1) is 5.10 Å². The standard InChI is InChI=1S/C14H12FN3O2S/c1-9-13(21-18-17-9)14(20)16-8-11-7-10(3-2-6-19)4-5-12(11)15/h4-5,7,19H,6,8H2,1H3,(H,16,20). The zero-order valence-electron chi connectivity index (χ0n) is 11.2. The van der Waals surface area contributed by atoms with Crippen molar-refractivity contribution in [1.82, 2.24) is 14.9 Å². The number of hydrogen-bond donors (Lipinski definition) is 2. The number of amides is 1. The Labute approximate surface area is 125 Å². The maximum Gasteiger partial charge on any atom is 0.265 e. The molecule has 0 bridgehead atoms. The maximum absolute atomic E-state index is 13.7. The first-order chi connectivity index (χ1) is 10.1. The summed E-state index contributed by atoms with van der Waals surface area (Å²) < 4.78 is 17.4. The molecule has 7 heteroatoms. The lowest BCUT2D eigenvalue weighted by Gasteiger charge is -2.06. The first-order valence-corrected chi connectivity index (χ1v) is 6.84. The molecule has 2 rings (SSSR count). The molecule has 0 radical (unpaired) electrons. The topological polar surface area (TPSA) is 75.1 Å². The van der Waals surface area contributed by atoms with Crippen molar-refractivity contribution in [3.8, 4) is 11.8 Å². The van der Waals surface area contributed by atoms with Crippen LogP contribution in [0.1, 0.15) is 26.5 Å². The Hall–Kier alpha value is -2.30. The van der Waals surface area contributed by atoms with Gasteiger partial charge in [-0.3, -0.25) is 4.79 Å². The van der Waals surface area contributed by atoms with Crippen molar-refractivity contribution >= 4 is 17.4 Å². The third-order valence-corrected chi connectivity index (χ3v) is 3.48. The molecule has 1 aromatic carbocycles. The van der Waals surface area contributed by atoms with Crippen LogP contribution in [0.15, 0.2) is 18.2 Å². The predicted molar refractivity (Wildman–Crippen MR) is 76.2 cm³/mol. The molecular weight excluding hydrogens is 293 g/mol. The lowest BCUT2D eigenvalue weighted by Crippen LogP contribution is -2.23. The zero-order valence-corrected chi connectivity index (χ0v) is 12.0. The highest BCUT2D eigenvalue weighted by atomic mass is 32.1. The van der Waals surface area contributed by atoms with Gasteiger partial charge < -0.3 is 10.4 Å². The average molecular weight is 305 g/mol. The van der Waals surface area contributed by atoms with Crippen LogP contribution in [0.3, 0.4) is 0 Å². The number of aryl methyl sites for hydroxylation is 1. The summed E-state index contributed by atoms with van der Waals surface area (Å²) in [5, 5.41) is 15.0. The molecule has 0 unspecified atom stereocenters. The van der Waals surface area contributed by atoms with Gasteiger partial charge in [0.2, 0.25) is 0 Å². The number of nitrogens with zero attached hydrogens (tertiary/aromatic N) is 2. The van der Waals surface area contributed by atoms with Gasteiger partial charge in [0.15, 0.2) is 0 Å². The van der Waals surface area contributed by atoms with E-state index in [1.807, 2.05) is 0 Å². The fraction of sp³-hybridized carbons (Fsp3) is 0.214. The fourth-order valence-corrected chi connectivity index (χ4v) is 2.20. The lowest BCUT2D eigenvalue weighted by atomic mass is 10.1. The van der Waals surface area contributed by atoms with Gasteiger partial charge in [0, 0.05) is 17.7 Å². The van der Waals surface area contributed by atoms with E-state index < -0.39 is 5.82 Å². The summed E-state index contributed by atoms with van der Waals surface area (Å²) in [6.07, 6.45) is 0. The average Bonchev–Trinajstić information content (AvgIpc) is 2.91. The predicted octanol–water partition coefficient (Wildman–Crippen LogP) is 1.26. The maximum atomic E-state index is 13.7. The highest BCUT2D eigenvalue weighted by molar-refractivity contribution is 7.07. The van der Waals surface area contributed by atoms with E-state index in [2.05, 4.69) is 26.7 Å². The second-order valence-electron chi connectivity index (χ2n) is 4.14. The first-order valence-electron chi connectivity index (χ1n) is 6.07.